The molecule has 8 nitrogen and oxygen atoms in total. The minimum absolute atomic E-state index is 0.0945. The molecule has 156 valence electrons. The first-order valence-corrected chi connectivity index (χ1v) is 10.1. The van der Waals surface area contributed by atoms with Crippen molar-refractivity contribution in [1.29, 1.82) is 0 Å². The Hall–Kier alpha value is -3.42. The van der Waals surface area contributed by atoms with Crippen molar-refractivity contribution in [2.24, 2.45) is 0 Å². The number of nitrogens with one attached hydrogen (secondary N) is 2. The van der Waals surface area contributed by atoms with Crippen LogP contribution in [0.3, 0.4) is 0 Å². The van der Waals surface area contributed by atoms with Gasteiger partial charge >= 0.3 is 0 Å². The first-order chi connectivity index (χ1) is 14.6. The average Bonchev–Trinajstić information content (AvgIpc) is 3.55. The molecule has 0 radical (unpaired) electrons. The van der Waals surface area contributed by atoms with Gasteiger partial charge in [-0.2, -0.15) is 0 Å². The Bertz CT molecular complexity index is 973. The number of hydrogen-bond acceptors (Lipinski definition) is 5. The van der Waals surface area contributed by atoms with Gasteiger partial charge in [-0.25, -0.2) is 4.98 Å². The van der Waals surface area contributed by atoms with Crippen molar-refractivity contribution in [3.05, 3.63) is 59.3 Å². The van der Waals surface area contributed by atoms with E-state index < -0.39 is 6.04 Å². The van der Waals surface area contributed by atoms with Crippen LogP contribution in [-0.4, -0.2) is 46.8 Å². The Morgan fingerprint density at radius 3 is 2.73 bits per heavy atom. The smallest absolute Gasteiger partial charge is 0.255 e. The second kappa shape index (κ2) is 8.52. The Balaban J connectivity index is 1.36. The van der Waals surface area contributed by atoms with Gasteiger partial charge in [0, 0.05) is 29.9 Å². The third-order valence-corrected chi connectivity index (χ3v) is 5.22. The fraction of sp³-hybridized carbons (Fsp3) is 0.364. The summed E-state index contributed by atoms with van der Waals surface area (Å²) >= 11 is 0. The van der Waals surface area contributed by atoms with E-state index in [1.54, 1.807) is 35.4 Å². The highest BCUT2D eigenvalue weighted by molar-refractivity contribution is 6.05. The van der Waals surface area contributed by atoms with Crippen molar-refractivity contribution in [3.63, 3.8) is 0 Å². The molecule has 1 aromatic heterocycles. The van der Waals surface area contributed by atoms with Crippen LogP contribution in [-0.2, 0) is 16.1 Å². The van der Waals surface area contributed by atoms with Gasteiger partial charge in [-0.05, 0) is 37.5 Å². The van der Waals surface area contributed by atoms with Crippen molar-refractivity contribution in [1.82, 2.24) is 20.5 Å². The quantitative estimate of drug-likeness (QED) is 0.691. The molecule has 2 aromatic rings. The summed E-state index contributed by atoms with van der Waals surface area (Å²) in [6.45, 7) is 2.42. The van der Waals surface area contributed by atoms with Crippen molar-refractivity contribution in [3.8, 4) is 5.88 Å². The minimum Gasteiger partial charge on any atom is -0.478 e. The molecule has 8 heteroatoms. The number of aromatic nitrogens is 1. The van der Waals surface area contributed by atoms with Crippen LogP contribution in [0.15, 0.2) is 42.6 Å². The Kier molecular flexibility index (Phi) is 5.65. The van der Waals surface area contributed by atoms with Crippen LogP contribution in [0, 0.1) is 0 Å². The SMILES string of the molecule is CCOc1ncccc1CNC(=O)CNC(=O)C1c2ccccc2C(=O)N1C1CC1. The van der Waals surface area contributed by atoms with Gasteiger partial charge in [0.2, 0.25) is 17.7 Å². The van der Waals surface area contributed by atoms with E-state index in [9.17, 15) is 14.4 Å². The number of ether oxygens (including phenoxy) is 1. The van der Waals surface area contributed by atoms with Crippen molar-refractivity contribution in [2.45, 2.75) is 38.4 Å². The van der Waals surface area contributed by atoms with E-state index in [0.29, 0.717) is 23.6 Å². The van der Waals surface area contributed by atoms with Gasteiger partial charge in [0.25, 0.3) is 5.91 Å². The van der Waals surface area contributed by atoms with Crippen molar-refractivity contribution < 1.29 is 19.1 Å². The van der Waals surface area contributed by atoms with Gasteiger partial charge in [0.15, 0.2) is 0 Å². The lowest BCUT2D eigenvalue weighted by molar-refractivity contribution is -0.129. The molecule has 1 aliphatic heterocycles. The highest BCUT2D eigenvalue weighted by atomic mass is 16.5. The molecular formula is C22H24N4O4. The van der Waals surface area contributed by atoms with E-state index in [-0.39, 0.29) is 36.9 Å². The van der Waals surface area contributed by atoms with Crippen LogP contribution in [0.4, 0.5) is 0 Å². The number of carbonyl (C=O) groups excluding carboxylic acids is 3. The fourth-order valence-electron chi connectivity index (χ4n) is 3.68. The van der Waals surface area contributed by atoms with Gasteiger partial charge in [-0.1, -0.05) is 24.3 Å². The summed E-state index contributed by atoms with van der Waals surface area (Å²) in [6, 6.07) is 10.2. The average molecular weight is 408 g/mol. The summed E-state index contributed by atoms with van der Waals surface area (Å²) in [5, 5.41) is 5.45. The van der Waals surface area contributed by atoms with Crippen molar-refractivity contribution >= 4 is 17.7 Å². The highest BCUT2D eigenvalue weighted by Crippen LogP contribution is 2.41. The maximum Gasteiger partial charge on any atom is 0.255 e. The summed E-state index contributed by atoms with van der Waals surface area (Å²) in [7, 11) is 0. The van der Waals surface area contributed by atoms with Gasteiger partial charge in [0.1, 0.15) is 6.04 Å². The van der Waals surface area contributed by atoms with E-state index in [2.05, 4.69) is 15.6 Å². The third-order valence-electron chi connectivity index (χ3n) is 5.22. The monoisotopic (exact) mass is 408 g/mol. The van der Waals surface area contributed by atoms with Crippen LogP contribution < -0.4 is 15.4 Å². The minimum atomic E-state index is -0.683. The van der Waals surface area contributed by atoms with Gasteiger partial charge < -0.3 is 20.3 Å². The first kappa shape index (κ1) is 19.9. The molecule has 1 unspecified atom stereocenters. The van der Waals surface area contributed by atoms with E-state index in [0.717, 1.165) is 18.4 Å². The maximum atomic E-state index is 12.9. The molecular weight excluding hydrogens is 384 g/mol. The molecule has 0 saturated heterocycles. The van der Waals surface area contributed by atoms with Crippen LogP contribution in [0.2, 0.25) is 0 Å². The molecule has 1 aromatic carbocycles. The number of carbonyl (C=O) groups is 3. The molecule has 4 rings (SSSR count). The summed E-state index contributed by atoms with van der Waals surface area (Å²) in [6.07, 6.45) is 3.43. The fourth-order valence-corrected chi connectivity index (χ4v) is 3.68. The number of nitrogens with zero attached hydrogens (tertiary/aromatic N) is 2. The summed E-state index contributed by atoms with van der Waals surface area (Å²) in [5.74, 6) is -0.305. The topological polar surface area (TPSA) is 101 Å². The number of pyridine rings is 1. The van der Waals surface area contributed by atoms with Crippen LogP contribution >= 0.6 is 0 Å². The van der Waals surface area contributed by atoms with E-state index >= 15 is 0 Å². The zero-order chi connectivity index (χ0) is 21.1. The molecule has 0 bridgehead atoms. The zero-order valence-electron chi connectivity index (χ0n) is 16.8. The van der Waals surface area contributed by atoms with E-state index in [1.807, 2.05) is 19.1 Å². The lowest BCUT2D eigenvalue weighted by atomic mass is 10.0. The number of hydrogen-bond donors (Lipinski definition) is 2. The lowest BCUT2D eigenvalue weighted by Gasteiger charge is -2.24. The second-order valence-corrected chi connectivity index (χ2v) is 7.33. The summed E-state index contributed by atoms with van der Waals surface area (Å²) in [4.78, 5) is 43.7. The standard InChI is InChI=1S/C22H24N4O4/c1-2-30-21-14(6-5-11-23-21)12-24-18(27)13-25-20(28)19-16-7-3-4-8-17(16)22(29)26(19)15-9-10-15/h3-8,11,15,19H,2,9-10,12-13H2,1H3,(H,24,27)(H,25,28). The van der Waals surface area contributed by atoms with Gasteiger partial charge in [-0.15, -0.1) is 0 Å². The number of rotatable bonds is 8. The molecule has 2 aliphatic rings. The molecule has 1 atom stereocenters. The largest absolute Gasteiger partial charge is 0.478 e. The zero-order valence-corrected chi connectivity index (χ0v) is 16.8. The Morgan fingerprint density at radius 1 is 1.17 bits per heavy atom. The van der Waals surface area contributed by atoms with E-state index in [1.165, 1.54) is 0 Å². The van der Waals surface area contributed by atoms with Crippen molar-refractivity contribution in [2.75, 3.05) is 13.2 Å². The number of fused-ring (bicyclic) bond motifs is 1. The summed E-state index contributed by atoms with van der Waals surface area (Å²) < 4.78 is 5.45. The second-order valence-electron chi connectivity index (χ2n) is 7.33. The molecule has 30 heavy (non-hydrogen) atoms. The molecule has 0 spiro atoms. The summed E-state index contributed by atoms with van der Waals surface area (Å²) in [5.41, 5.74) is 2.02. The molecule has 2 N–H and O–H groups in total. The number of benzene rings is 1. The normalized spacial score (nSPS) is 17.4. The van der Waals surface area contributed by atoms with Gasteiger partial charge in [-0.3, -0.25) is 14.4 Å². The predicted octanol–water partition coefficient (Wildman–Crippen LogP) is 1.57. The molecule has 1 saturated carbocycles. The highest BCUT2D eigenvalue weighted by Gasteiger charge is 2.47. The third kappa shape index (κ3) is 3.98. The maximum absolute atomic E-state index is 12.9. The molecule has 2 heterocycles. The number of amides is 3. The molecule has 3 amide bonds. The van der Waals surface area contributed by atoms with Crippen LogP contribution in [0.25, 0.3) is 0 Å². The van der Waals surface area contributed by atoms with Crippen LogP contribution in [0.1, 0.15) is 47.3 Å². The molecule has 1 fully saturated rings. The molecule has 1 aliphatic carbocycles. The van der Waals surface area contributed by atoms with Crippen LogP contribution in [0.5, 0.6) is 5.88 Å². The first-order valence-electron chi connectivity index (χ1n) is 10.1. The Labute approximate surface area is 174 Å². The Morgan fingerprint density at radius 2 is 1.97 bits per heavy atom. The predicted molar refractivity (Wildman–Crippen MR) is 109 cm³/mol. The van der Waals surface area contributed by atoms with Gasteiger partial charge in [0.05, 0.1) is 13.2 Å². The lowest BCUT2D eigenvalue weighted by Crippen LogP contribution is -2.43. The van der Waals surface area contributed by atoms with E-state index in [4.69, 9.17) is 4.74 Å².